The van der Waals surface area contributed by atoms with Crippen LogP contribution in [0.2, 0.25) is 0 Å². The van der Waals surface area contributed by atoms with E-state index in [1.165, 1.54) is 12.4 Å². The Labute approximate surface area is 72.1 Å². The van der Waals surface area contributed by atoms with Gasteiger partial charge in [-0.05, 0) is 4.92 Å². The van der Waals surface area contributed by atoms with E-state index in [9.17, 15) is 14.5 Å². The van der Waals surface area contributed by atoms with E-state index in [2.05, 4.69) is 4.98 Å². The zero-order valence-corrected chi connectivity index (χ0v) is 6.50. The van der Waals surface area contributed by atoms with Gasteiger partial charge in [0, 0.05) is 0 Å². The summed E-state index contributed by atoms with van der Waals surface area (Å²) in [5.41, 5.74) is 0. The highest BCUT2D eigenvalue weighted by atomic mass is 19.1. The number of halogens is 1. The molecular weight excluding hydrogens is 183 g/mol. The number of hydrogen-bond donors (Lipinski definition) is 1. The van der Waals surface area contributed by atoms with Gasteiger partial charge in [0.2, 0.25) is 0 Å². The van der Waals surface area contributed by atoms with Crippen LogP contribution in [0, 0.1) is 10.1 Å². The van der Waals surface area contributed by atoms with E-state index < -0.39 is 17.7 Å². The van der Waals surface area contributed by atoms with Crippen molar-refractivity contribution in [3.05, 3.63) is 22.5 Å². The molecule has 0 aromatic carbocycles. The Morgan fingerprint density at radius 2 is 2.54 bits per heavy atom. The van der Waals surface area contributed by atoms with E-state index in [0.29, 0.717) is 0 Å². The fourth-order valence-corrected chi connectivity index (χ4v) is 0.797. The summed E-state index contributed by atoms with van der Waals surface area (Å²) in [6, 6.07) is 0. The smallest absolute Gasteiger partial charge is 0.390 e. The van der Waals surface area contributed by atoms with Crippen LogP contribution in [0.5, 0.6) is 0 Å². The van der Waals surface area contributed by atoms with Crippen molar-refractivity contribution in [3.8, 4) is 0 Å². The molecule has 7 nitrogen and oxygen atoms in total. The third kappa shape index (κ3) is 2.20. The number of nitrogens with zero attached hydrogens (tertiary/aromatic N) is 4. The predicted octanol–water partition coefficient (Wildman–Crippen LogP) is 0.367. The second-order valence-electron chi connectivity index (χ2n) is 2.22. The first kappa shape index (κ1) is 9.55. The quantitative estimate of drug-likeness (QED) is 0.421. The minimum absolute atomic E-state index is 0.286. The minimum atomic E-state index is -1.10. The molecule has 0 aliphatic heterocycles. The first-order valence-electron chi connectivity index (χ1n) is 3.30. The molecule has 1 heterocycles. The van der Waals surface area contributed by atoms with Crippen LogP contribution in [0.15, 0.2) is 12.4 Å². The molecule has 1 N–H and O–H groups in total. The van der Waals surface area contributed by atoms with Crippen LogP contribution in [0.4, 0.5) is 10.3 Å². The Morgan fingerprint density at radius 1 is 1.85 bits per heavy atom. The first-order chi connectivity index (χ1) is 6.15. The van der Waals surface area contributed by atoms with E-state index in [0.717, 1.165) is 4.57 Å². The van der Waals surface area contributed by atoms with Gasteiger partial charge in [0.05, 0.1) is 0 Å². The van der Waals surface area contributed by atoms with Crippen molar-refractivity contribution in [1.82, 2.24) is 14.6 Å². The van der Waals surface area contributed by atoms with Crippen LogP contribution in [0.1, 0.15) is 0 Å². The Morgan fingerprint density at radius 3 is 3.08 bits per heavy atom. The van der Waals surface area contributed by atoms with Gasteiger partial charge in [-0.1, -0.05) is 4.98 Å². The van der Waals surface area contributed by atoms with Gasteiger partial charge in [-0.15, -0.1) is 5.06 Å². The highest BCUT2D eigenvalue weighted by molar-refractivity contribution is 5.05. The molecule has 0 bridgehead atoms. The molecule has 0 aliphatic carbocycles. The monoisotopic (exact) mass is 190 g/mol. The van der Waals surface area contributed by atoms with Crippen LogP contribution >= 0.6 is 0 Å². The fraction of sp³-hybridized carbons (Fsp3) is 0.400. The molecule has 1 rings (SSSR count). The molecule has 13 heavy (non-hydrogen) atoms. The summed E-state index contributed by atoms with van der Waals surface area (Å²) in [7, 11) is 0. The topological polar surface area (TPSA) is 84.4 Å². The molecule has 0 fully saturated rings. The number of rotatable bonds is 4. The molecule has 0 spiro atoms. The highest BCUT2D eigenvalue weighted by Gasteiger charge is 2.15. The Balaban J connectivity index is 2.76. The first-order valence-corrected chi connectivity index (χ1v) is 3.30. The second kappa shape index (κ2) is 3.92. The largest absolute Gasteiger partial charge is 0.435 e. The number of imidazole rings is 1. The fourth-order valence-electron chi connectivity index (χ4n) is 0.797. The van der Waals surface area contributed by atoms with Gasteiger partial charge < -0.3 is 15.3 Å². The van der Waals surface area contributed by atoms with Crippen molar-refractivity contribution in [2.75, 3.05) is 6.80 Å². The van der Waals surface area contributed by atoms with Crippen molar-refractivity contribution >= 4 is 5.95 Å². The lowest BCUT2D eigenvalue weighted by molar-refractivity contribution is -0.398. The van der Waals surface area contributed by atoms with Gasteiger partial charge in [0.1, 0.15) is 12.4 Å². The van der Waals surface area contributed by atoms with Gasteiger partial charge >= 0.3 is 5.95 Å². The summed E-state index contributed by atoms with van der Waals surface area (Å²) in [5, 5.41) is 19.3. The SMILES string of the molecule is O=[N+]([O-])c1nccn1CN(O)CF. The zero-order valence-electron chi connectivity index (χ0n) is 6.50. The molecule has 1 aromatic heterocycles. The third-order valence-corrected chi connectivity index (χ3v) is 1.31. The van der Waals surface area contributed by atoms with Gasteiger partial charge in [-0.25, -0.2) is 8.96 Å². The van der Waals surface area contributed by atoms with Crippen LogP contribution < -0.4 is 0 Å². The molecule has 0 aliphatic rings. The van der Waals surface area contributed by atoms with E-state index in [4.69, 9.17) is 5.21 Å². The Kier molecular flexibility index (Phi) is 2.88. The maximum Gasteiger partial charge on any atom is 0.435 e. The van der Waals surface area contributed by atoms with Gasteiger partial charge in [-0.3, -0.25) is 0 Å². The van der Waals surface area contributed by atoms with E-state index in [1.807, 2.05) is 0 Å². The average molecular weight is 190 g/mol. The maximum atomic E-state index is 11.8. The lowest BCUT2D eigenvalue weighted by Gasteiger charge is -2.07. The number of alkyl halides is 1. The molecule has 0 saturated carbocycles. The molecule has 0 radical (unpaired) electrons. The summed E-state index contributed by atoms with van der Waals surface area (Å²) in [6.07, 6.45) is 2.47. The van der Waals surface area contributed by atoms with Gasteiger partial charge in [0.15, 0.2) is 13.5 Å². The molecule has 1 aromatic rings. The minimum Gasteiger partial charge on any atom is -0.390 e. The summed E-state index contributed by atoms with van der Waals surface area (Å²) >= 11 is 0. The summed E-state index contributed by atoms with van der Waals surface area (Å²) < 4.78 is 12.8. The lowest BCUT2D eigenvalue weighted by atomic mass is 10.8. The van der Waals surface area contributed by atoms with E-state index >= 15 is 0 Å². The standard InChI is InChI=1S/C5H7FN4O3/c6-3-9(11)4-8-2-1-7-5(8)10(12)13/h1-2,11H,3-4H2. The predicted molar refractivity (Wildman–Crippen MR) is 38.5 cm³/mol. The molecular formula is C5H7FN4O3. The molecule has 0 amide bonds. The molecule has 8 heteroatoms. The van der Waals surface area contributed by atoms with Crippen LogP contribution in [-0.4, -0.2) is 31.5 Å². The van der Waals surface area contributed by atoms with Crippen molar-refractivity contribution < 1.29 is 14.5 Å². The molecule has 0 saturated heterocycles. The average Bonchev–Trinajstić information content (AvgIpc) is 2.52. The molecule has 0 atom stereocenters. The summed E-state index contributed by atoms with van der Waals surface area (Å²) in [6.45, 7) is -1.43. The summed E-state index contributed by atoms with van der Waals surface area (Å²) in [5.74, 6) is -0.437. The normalized spacial score (nSPS) is 10.7. The Hall–Kier alpha value is -1.54. The lowest BCUT2D eigenvalue weighted by Crippen LogP contribution is -2.22. The number of nitro groups is 1. The Bertz CT molecular complexity index is 302. The van der Waals surface area contributed by atoms with Crippen molar-refractivity contribution in [2.24, 2.45) is 0 Å². The van der Waals surface area contributed by atoms with Crippen LogP contribution in [0.3, 0.4) is 0 Å². The summed E-state index contributed by atoms with van der Waals surface area (Å²) in [4.78, 5) is 13.0. The highest BCUT2D eigenvalue weighted by Crippen LogP contribution is 2.07. The van der Waals surface area contributed by atoms with Crippen molar-refractivity contribution in [2.45, 2.75) is 6.67 Å². The number of hydrogen-bond acceptors (Lipinski definition) is 5. The van der Waals surface area contributed by atoms with Gasteiger partial charge in [-0.2, -0.15) is 0 Å². The van der Waals surface area contributed by atoms with Crippen LogP contribution in [0.25, 0.3) is 0 Å². The second-order valence-corrected chi connectivity index (χ2v) is 2.22. The van der Waals surface area contributed by atoms with Crippen LogP contribution in [-0.2, 0) is 6.67 Å². The number of aromatic nitrogens is 2. The number of hydroxylamine groups is 2. The molecule has 0 unspecified atom stereocenters. The zero-order chi connectivity index (χ0) is 9.84. The molecule has 72 valence electrons. The van der Waals surface area contributed by atoms with Gasteiger partial charge in [0.25, 0.3) is 0 Å². The van der Waals surface area contributed by atoms with E-state index in [1.54, 1.807) is 0 Å². The third-order valence-electron chi connectivity index (χ3n) is 1.31. The van der Waals surface area contributed by atoms with Crippen molar-refractivity contribution in [3.63, 3.8) is 0 Å². The van der Waals surface area contributed by atoms with E-state index in [-0.39, 0.29) is 11.7 Å². The van der Waals surface area contributed by atoms with Crippen molar-refractivity contribution in [1.29, 1.82) is 0 Å². The maximum absolute atomic E-state index is 11.8.